The maximum atomic E-state index is 9.75. The van der Waals surface area contributed by atoms with Gasteiger partial charge in [-0.15, -0.1) is 0 Å². The first-order valence-electron chi connectivity index (χ1n) is 3.29. The summed E-state index contributed by atoms with van der Waals surface area (Å²) in [7, 11) is -3.94. The molecule has 0 rings (SSSR count). The van der Waals surface area contributed by atoms with E-state index in [2.05, 4.69) is 30.0 Å². The van der Waals surface area contributed by atoms with Crippen molar-refractivity contribution >= 4 is 16.5 Å². The summed E-state index contributed by atoms with van der Waals surface area (Å²) in [6.07, 6.45) is 1.28. The van der Waals surface area contributed by atoms with Crippen LogP contribution in [-0.2, 0) is 0 Å². The van der Waals surface area contributed by atoms with E-state index in [0.29, 0.717) is 5.16 Å². The van der Waals surface area contributed by atoms with E-state index in [1.807, 2.05) is 0 Å². The van der Waals surface area contributed by atoms with Crippen LogP contribution < -0.4 is 0 Å². The fourth-order valence-corrected chi connectivity index (χ4v) is 0. The fourth-order valence-electron chi connectivity index (χ4n) is 0. The number of hydrogen-bond acceptors (Lipinski definition) is 0. The Labute approximate surface area is 67.1 Å². The van der Waals surface area contributed by atoms with Gasteiger partial charge in [0.1, 0.15) is 0 Å². The fraction of sp³-hybridized carbons (Fsp3) is 1.00. The Hall–Kier alpha value is 0.215. The molecule has 6 heteroatoms. The van der Waals surface area contributed by atoms with Gasteiger partial charge in [-0.05, 0) is 29.5 Å². The van der Waals surface area contributed by atoms with Gasteiger partial charge >= 0.3 is 7.25 Å². The van der Waals surface area contributed by atoms with Gasteiger partial charge < -0.3 is 17.3 Å². The SMILES string of the molecule is CCC(C)(C)[PH3+].F[B-](F)(F)F. The minimum absolute atomic E-state index is 0.569. The molecule has 0 fully saturated rings. The van der Waals surface area contributed by atoms with Gasteiger partial charge in [0, 0.05) is 0 Å². The van der Waals surface area contributed by atoms with Crippen molar-refractivity contribution in [3.05, 3.63) is 0 Å². The van der Waals surface area contributed by atoms with Gasteiger partial charge in [-0.2, -0.15) is 0 Å². The first-order valence-corrected chi connectivity index (χ1v) is 3.99. The minimum atomic E-state index is -6.00. The summed E-state index contributed by atoms with van der Waals surface area (Å²) in [5.41, 5.74) is 0. The molecule has 0 nitrogen and oxygen atoms in total. The predicted molar refractivity (Wildman–Crippen MR) is 45.7 cm³/mol. The van der Waals surface area contributed by atoms with Gasteiger partial charge in [0.15, 0.2) is 0 Å². The zero-order valence-corrected chi connectivity index (χ0v) is 8.42. The average Bonchev–Trinajstić information content (AvgIpc) is 1.59. The van der Waals surface area contributed by atoms with E-state index in [1.165, 1.54) is 6.42 Å². The summed E-state index contributed by atoms with van der Waals surface area (Å²) in [4.78, 5) is 0. The minimum Gasteiger partial charge on any atom is -0.418 e. The van der Waals surface area contributed by atoms with Crippen molar-refractivity contribution in [2.75, 3.05) is 0 Å². The van der Waals surface area contributed by atoms with E-state index >= 15 is 0 Å². The third-order valence-electron chi connectivity index (χ3n) is 0.957. The Bertz CT molecular complexity index is 89.6. The second-order valence-electron chi connectivity index (χ2n) is 3.01. The normalized spacial score (nSPS) is 12.3. The zero-order chi connectivity index (χ0) is 9.71. The number of hydrogen-bond donors (Lipinski definition) is 0. The first kappa shape index (κ1) is 13.8. The highest BCUT2D eigenvalue weighted by molar-refractivity contribution is 7.18. The molecule has 0 heterocycles. The maximum absolute atomic E-state index is 9.75. The molecule has 0 aromatic carbocycles. The lowest BCUT2D eigenvalue weighted by Crippen LogP contribution is -2.04. The van der Waals surface area contributed by atoms with Crippen LogP contribution >= 0.6 is 9.24 Å². The van der Waals surface area contributed by atoms with Gasteiger partial charge in [-0.25, -0.2) is 0 Å². The standard InChI is InChI=1S/C5H13P.BF4/c1-4-5(2,3)6;2-1(3,4)5/h4,6H2,1-3H3;/q;-1/p+1. The Morgan fingerprint density at radius 2 is 1.27 bits per heavy atom. The van der Waals surface area contributed by atoms with Gasteiger partial charge in [-0.3, -0.25) is 0 Å². The van der Waals surface area contributed by atoms with Crippen molar-refractivity contribution in [2.24, 2.45) is 0 Å². The Kier molecular flexibility index (Phi) is 6.22. The molecular formula is C5H14BF4P. The van der Waals surface area contributed by atoms with Crippen LogP contribution in [0.3, 0.4) is 0 Å². The van der Waals surface area contributed by atoms with Gasteiger partial charge in [0.05, 0.1) is 5.16 Å². The topological polar surface area (TPSA) is 0 Å². The second kappa shape index (κ2) is 4.97. The smallest absolute Gasteiger partial charge is 0.418 e. The van der Waals surface area contributed by atoms with Crippen LogP contribution in [0, 0.1) is 0 Å². The molecule has 0 aromatic rings. The molecule has 0 radical (unpaired) electrons. The summed E-state index contributed by atoms with van der Waals surface area (Å²) >= 11 is 0. The third kappa shape index (κ3) is 66.7. The lowest BCUT2D eigenvalue weighted by atomic mass is 10.1. The molecule has 0 aliphatic heterocycles. The monoisotopic (exact) mass is 192 g/mol. The quantitative estimate of drug-likeness (QED) is 0.340. The zero-order valence-electron chi connectivity index (χ0n) is 7.00. The molecule has 11 heavy (non-hydrogen) atoms. The molecule has 0 aliphatic carbocycles. The molecule has 0 aliphatic rings. The van der Waals surface area contributed by atoms with Crippen molar-refractivity contribution in [1.29, 1.82) is 0 Å². The van der Waals surface area contributed by atoms with Crippen LogP contribution in [0.2, 0.25) is 0 Å². The lowest BCUT2D eigenvalue weighted by Gasteiger charge is -2.06. The second-order valence-corrected chi connectivity index (χ2v) is 4.93. The third-order valence-corrected chi connectivity index (χ3v) is 1.46. The highest BCUT2D eigenvalue weighted by Crippen LogP contribution is 2.18. The molecule has 0 bridgehead atoms. The molecule has 1 atom stereocenters. The van der Waals surface area contributed by atoms with Crippen molar-refractivity contribution in [1.82, 2.24) is 0 Å². The molecule has 0 spiro atoms. The van der Waals surface area contributed by atoms with E-state index < -0.39 is 7.25 Å². The van der Waals surface area contributed by atoms with E-state index in [9.17, 15) is 17.3 Å². The lowest BCUT2D eigenvalue weighted by molar-refractivity contribution is 0.368. The Morgan fingerprint density at radius 1 is 1.18 bits per heavy atom. The maximum Gasteiger partial charge on any atom is 0.673 e. The van der Waals surface area contributed by atoms with Crippen LogP contribution in [0.15, 0.2) is 0 Å². The first-order chi connectivity index (χ1) is 4.56. The van der Waals surface area contributed by atoms with Gasteiger partial charge in [-0.1, -0.05) is 6.92 Å². The van der Waals surface area contributed by atoms with Crippen LogP contribution in [0.5, 0.6) is 0 Å². The van der Waals surface area contributed by atoms with Gasteiger partial charge in [0.25, 0.3) is 0 Å². The van der Waals surface area contributed by atoms with Gasteiger partial charge in [0.2, 0.25) is 0 Å². The highest BCUT2D eigenvalue weighted by atomic mass is 31.0. The Morgan fingerprint density at radius 3 is 1.27 bits per heavy atom. The molecule has 1 unspecified atom stereocenters. The highest BCUT2D eigenvalue weighted by Gasteiger charge is 2.20. The summed E-state index contributed by atoms with van der Waals surface area (Å²) in [6, 6.07) is 0. The molecule has 0 N–H and O–H groups in total. The Balaban J connectivity index is 0. The van der Waals surface area contributed by atoms with Crippen molar-refractivity contribution in [3.8, 4) is 0 Å². The molecule has 0 saturated carbocycles. The van der Waals surface area contributed by atoms with Crippen LogP contribution in [0.25, 0.3) is 0 Å². The summed E-state index contributed by atoms with van der Waals surface area (Å²) < 4.78 is 39.0. The van der Waals surface area contributed by atoms with E-state index in [-0.39, 0.29) is 0 Å². The molecular weight excluding hydrogens is 178 g/mol. The number of halogens is 4. The summed E-state index contributed by atoms with van der Waals surface area (Å²) in [5.74, 6) is 0. The molecule has 70 valence electrons. The molecule has 0 saturated heterocycles. The molecule has 0 aromatic heterocycles. The van der Waals surface area contributed by atoms with Crippen LogP contribution in [0.1, 0.15) is 27.2 Å². The predicted octanol–water partition coefficient (Wildman–Crippen LogP) is 3.08. The number of rotatable bonds is 1. The van der Waals surface area contributed by atoms with E-state index in [1.54, 1.807) is 0 Å². The van der Waals surface area contributed by atoms with Crippen molar-refractivity contribution in [2.45, 2.75) is 32.3 Å². The van der Waals surface area contributed by atoms with Crippen molar-refractivity contribution < 1.29 is 17.3 Å². The molecule has 0 amide bonds. The van der Waals surface area contributed by atoms with E-state index in [4.69, 9.17) is 0 Å². The largest absolute Gasteiger partial charge is 0.673 e. The van der Waals surface area contributed by atoms with E-state index in [0.717, 1.165) is 0 Å². The average molecular weight is 192 g/mol. The summed E-state index contributed by atoms with van der Waals surface area (Å²) in [5, 5.41) is 0.569. The van der Waals surface area contributed by atoms with Crippen LogP contribution in [-0.4, -0.2) is 12.4 Å². The van der Waals surface area contributed by atoms with Crippen LogP contribution in [0.4, 0.5) is 17.3 Å². The summed E-state index contributed by atoms with van der Waals surface area (Å²) in [6.45, 7) is 6.73. The van der Waals surface area contributed by atoms with Crippen molar-refractivity contribution in [3.63, 3.8) is 0 Å².